The first-order valence-electron chi connectivity index (χ1n) is 5.92. The molecular weight excluding hydrogens is 222 g/mol. The van der Waals surface area contributed by atoms with Crippen LogP contribution in [0.25, 0.3) is 0 Å². The fraction of sp³-hybridized carbons (Fsp3) is 0.818. The van der Waals surface area contributed by atoms with Gasteiger partial charge in [-0.2, -0.15) is 0 Å². The summed E-state index contributed by atoms with van der Waals surface area (Å²) in [7, 11) is 1.87. The van der Waals surface area contributed by atoms with E-state index in [1.165, 1.54) is 6.92 Å². The number of nitrogens with one attached hydrogen (secondary N) is 3. The Balaban J connectivity index is 4.03. The summed E-state index contributed by atoms with van der Waals surface area (Å²) in [6.45, 7) is 2.40. The Morgan fingerprint density at radius 3 is 2.47 bits per heavy atom. The first-order valence-corrected chi connectivity index (χ1v) is 5.92. The van der Waals surface area contributed by atoms with Crippen molar-refractivity contribution in [1.29, 1.82) is 0 Å². The number of hydrogen-bond donors (Lipinski definition) is 4. The maximum Gasteiger partial charge on any atom is 0.242 e. The number of aliphatic hydroxyl groups excluding tert-OH is 1. The van der Waals surface area contributed by atoms with Crippen molar-refractivity contribution in [3.63, 3.8) is 0 Å². The van der Waals surface area contributed by atoms with Gasteiger partial charge >= 0.3 is 0 Å². The van der Waals surface area contributed by atoms with Crippen LogP contribution < -0.4 is 16.0 Å². The van der Waals surface area contributed by atoms with E-state index in [9.17, 15) is 9.59 Å². The lowest BCUT2D eigenvalue weighted by Crippen LogP contribution is -2.46. The first-order chi connectivity index (χ1) is 8.11. The molecule has 6 heteroatoms. The maximum atomic E-state index is 11.6. The van der Waals surface area contributed by atoms with Crippen molar-refractivity contribution in [2.24, 2.45) is 0 Å². The minimum Gasteiger partial charge on any atom is -0.395 e. The molecule has 0 spiro atoms. The predicted molar refractivity (Wildman–Crippen MR) is 65.5 cm³/mol. The number of carbonyl (C=O) groups is 2. The summed E-state index contributed by atoms with van der Waals surface area (Å²) in [5.41, 5.74) is 0. The standard InChI is InChI=1S/C11H23N3O3/c1-9(16)14-10(5-3-4-6-12-2)11(17)13-7-8-15/h10,12,15H,3-8H2,1-2H3,(H,13,17)(H,14,16). The molecule has 17 heavy (non-hydrogen) atoms. The molecule has 0 fully saturated rings. The minimum atomic E-state index is -0.504. The molecule has 0 radical (unpaired) electrons. The van der Waals surface area contributed by atoms with E-state index in [0.29, 0.717) is 6.42 Å². The molecule has 0 saturated heterocycles. The summed E-state index contributed by atoms with van der Waals surface area (Å²) in [4.78, 5) is 22.6. The molecule has 2 amide bonds. The van der Waals surface area contributed by atoms with Gasteiger partial charge in [0.25, 0.3) is 0 Å². The summed E-state index contributed by atoms with van der Waals surface area (Å²) >= 11 is 0. The normalized spacial score (nSPS) is 11.9. The number of hydrogen-bond acceptors (Lipinski definition) is 4. The summed E-state index contributed by atoms with van der Waals surface area (Å²) in [5, 5.41) is 16.8. The molecule has 0 aromatic carbocycles. The van der Waals surface area contributed by atoms with Crippen LogP contribution in [-0.2, 0) is 9.59 Å². The van der Waals surface area contributed by atoms with Crippen LogP contribution in [0.5, 0.6) is 0 Å². The van der Waals surface area contributed by atoms with Crippen molar-refractivity contribution < 1.29 is 14.7 Å². The van der Waals surface area contributed by atoms with Gasteiger partial charge in [-0.25, -0.2) is 0 Å². The molecule has 0 rings (SSSR count). The van der Waals surface area contributed by atoms with E-state index >= 15 is 0 Å². The van der Waals surface area contributed by atoms with Gasteiger partial charge in [-0.15, -0.1) is 0 Å². The highest BCUT2D eigenvalue weighted by Crippen LogP contribution is 2.01. The van der Waals surface area contributed by atoms with Crippen molar-refractivity contribution in [2.45, 2.75) is 32.2 Å². The Hall–Kier alpha value is -1.14. The quantitative estimate of drug-likeness (QED) is 0.392. The zero-order valence-electron chi connectivity index (χ0n) is 10.6. The van der Waals surface area contributed by atoms with Gasteiger partial charge in [-0.1, -0.05) is 0 Å². The molecule has 0 heterocycles. The molecule has 0 bridgehead atoms. The molecule has 6 nitrogen and oxygen atoms in total. The molecule has 4 N–H and O–H groups in total. The first kappa shape index (κ1) is 15.9. The minimum absolute atomic E-state index is 0.0989. The molecule has 100 valence electrons. The van der Waals surface area contributed by atoms with Gasteiger partial charge < -0.3 is 21.1 Å². The topological polar surface area (TPSA) is 90.5 Å². The Morgan fingerprint density at radius 1 is 1.24 bits per heavy atom. The summed E-state index contributed by atoms with van der Waals surface area (Å²) in [6.07, 6.45) is 2.43. The van der Waals surface area contributed by atoms with Crippen LogP contribution in [0.4, 0.5) is 0 Å². The van der Waals surface area contributed by atoms with Crippen molar-refractivity contribution in [3.05, 3.63) is 0 Å². The molecular formula is C11H23N3O3. The van der Waals surface area contributed by atoms with Crippen LogP contribution in [0.2, 0.25) is 0 Å². The lowest BCUT2D eigenvalue weighted by atomic mass is 10.1. The number of amides is 2. The number of unbranched alkanes of at least 4 members (excludes halogenated alkanes) is 1. The lowest BCUT2D eigenvalue weighted by Gasteiger charge is -2.17. The number of rotatable bonds is 9. The van der Waals surface area contributed by atoms with Crippen molar-refractivity contribution in [2.75, 3.05) is 26.7 Å². The van der Waals surface area contributed by atoms with E-state index in [-0.39, 0.29) is 25.0 Å². The maximum absolute atomic E-state index is 11.6. The zero-order valence-corrected chi connectivity index (χ0v) is 10.6. The van der Waals surface area contributed by atoms with Crippen LogP contribution in [0.1, 0.15) is 26.2 Å². The molecule has 0 aliphatic carbocycles. The van der Waals surface area contributed by atoms with E-state index < -0.39 is 6.04 Å². The third-order valence-electron chi connectivity index (χ3n) is 2.27. The smallest absolute Gasteiger partial charge is 0.242 e. The Bertz CT molecular complexity index is 234. The molecule has 0 saturated carbocycles. The summed E-state index contributed by atoms with van der Waals surface area (Å²) < 4.78 is 0. The monoisotopic (exact) mass is 245 g/mol. The predicted octanol–water partition coefficient (Wildman–Crippen LogP) is -1.01. The van der Waals surface area contributed by atoms with Gasteiger partial charge in [0.1, 0.15) is 6.04 Å². The van der Waals surface area contributed by atoms with E-state index in [1.54, 1.807) is 0 Å². The van der Waals surface area contributed by atoms with Crippen molar-refractivity contribution in [3.8, 4) is 0 Å². The van der Waals surface area contributed by atoms with Gasteiger partial charge in [0.05, 0.1) is 6.61 Å². The molecule has 0 aromatic rings. The fourth-order valence-corrected chi connectivity index (χ4v) is 1.47. The van der Waals surface area contributed by atoms with Gasteiger partial charge in [0.15, 0.2) is 0 Å². The molecule has 0 aliphatic rings. The summed E-state index contributed by atoms with van der Waals surface area (Å²) in [5.74, 6) is -0.457. The van der Waals surface area contributed by atoms with Crippen LogP contribution in [-0.4, -0.2) is 49.7 Å². The SMILES string of the molecule is CNCCCCC(NC(C)=O)C(=O)NCCO. The highest BCUT2D eigenvalue weighted by Gasteiger charge is 2.17. The Kier molecular flexibility index (Phi) is 9.37. The Morgan fingerprint density at radius 2 is 1.94 bits per heavy atom. The van der Waals surface area contributed by atoms with E-state index in [1.807, 2.05) is 7.05 Å². The molecule has 1 unspecified atom stereocenters. The van der Waals surface area contributed by atoms with Gasteiger partial charge in [-0.05, 0) is 32.9 Å². The molecule has 0 aliphatic heterocycles. The second kappa shape index (κ2) is 10.0. The largest absolute Gasteiger partial charge is 0.395 e. The summed E-state index contributed by atoms with van der Waals surface area (Å²) in [6, 6.07) is -0.504. The highest BCUT2D eigenvalue weighted by molar-refractivity contribution is 5.86. The lowest BCUT2D eigenvalue weighted by molar-refractivity contribution is -0.128. The third-order valence-corrected chi connectivity index (χ3v) is 2.27. The van der Waals surface area contributed by atoms with Crippen LogP contribution in [0, 0.1) is 0 Å². The van der Waals surface area contributed by atoms with E-state index in [2.05, 4.69) is 16.0 Å². The average Bonchev–Trinajstić information content (AvgIpc) is 2.29. The molecule has 0 aromatic heterocycles. The second-order valence-electron chi connectivity index (χ2n) is 3.87. The third kappa shape index (κ3) is 8.65. The van der Waals surface area contributed by atoms with Crippen LogP contribution in [0.3, 0.4) is 0 Å². The van der Waals surface area contributed by atoms with Crippen LogP contribution in [0.15, 0.2) is 0 Å². The van der Waals surface area contributed by atoms with E-state index in [4.69, 9.17) is 5.11 Å². The average molecular weight is 245 g/mol. The highest BCUT2D eigenvalue weighted by atomic mass is 16.3. The number of carbonyl (C=O) groups excluding carboxylic acids is 2. The van der Waals surface area contributed by atoms with Crippen molar-refractivity contribution >= 4 is 11.8 Å². The van der Waals surface area contributed by atoms with Gasteiger partial charge in [0, 0.05) is 13.5 Å². The van der Waals surface area contributed by atoms with Gasteiger partial charge in [0.2, 0.25) is 11.8 Å². The van der Waals surface area contributed by atoms with Gasteiger partial charge in [-0.3, -0.25) is 9.59 Å². The van der Waals surface area contributed by atoms with Crippen molar-refractivity contribution in [1.82, 2.24) is 16.0 Å². The van der Waals surface area contributed by atoms with E-state index in [0.717, 1.165) is 19.4 Å². The second-order valence-corrected chi connectivity index (χ2v) is 3.87. The zero-order chi connectivity index (χ0) is 13.1. The Labute approximate surface area is 102 Å². The molecule has 1 atom stereocenters. The number of aliphatic hydroxyl groups is 1. The van der Waals surface area contributed by atoms with Crippen LogP contribution >= 0.6 is 0 Å². The fourth-order valence-electron chi connectivity index (χ4n) is 1.47.